The molecule has 0 aliphatic carbocycles. The van der Waals surface area contributed by atoms with E-state index in [1.807, 2.05) is 7.05 Å². The van der Waals surface area contributed by atoms with E-state index in [4.69, 9.17) is 5.73 Å². The second-order valence-corrected chi connectivity index (χ2v) is 3.17. The number of hydrogen-bond donors (Lipinski definition) is 1. The van der Waals surface area contributed by atoms with Gasteiger partial charge in [0.1, 0.15) is 18.0 Å². The van der Waals surface area contributed by atoms with Gasteiger partial charge in [-0.3, -0.25) is 0 Å². The van der Waals surface area contributed by atoms with Crippen molar-refractivity contribution < 1.29 is 0 Å². The first-order valence-electron chi connectivity index (χ1n) is 4.45. The average molecular weight is 180 g/mol. The van der Waals surface area contributed by atoms with E-state index in [1.54, 1.807) is 6.07 Å². The van der Waals surface area contributed by atoms with Gasteiger partial charge in [-0.05, 0) is 13.3 Å². The molecule has 4 heteroatoms. The molecule has 1 aromatic rings. The number of anilines is 2. The number of nitrogen functional groups attached to an aromatic ring is 1. The summed E-state index contributed by atoms with van der Waals surface area (Å²) in [6.07, 6.45) is 2.57. The van der Waals surface area contributed by atoms with E-state index >= 15 is 0 Å². The predicted molar refractivity (Wildman–Crippen MR) is 54.6 cm³/mol. The largest absolute Gasteiger partial charge is 0.384 e. The lowest BCUT2D eigenvalue weighted by Gasteiger charge is -2.24. The molecule has 1 aromatic heterocycles. The fourth-order valence-electron chi connectivity index (χ4n) is 1.05. The molecule has 2 N–H and O–H groups in total. The summed E-state index contributed by atoms with van der Waals surface area (Å²) in [4.78, 5) is 10.1. The molecule has 0 radical (unpaired) electrons. The third kappa shape index (κ3) is 2.31. The minimum absolute atomic E-state index is 0.467. The zero-order valence-corrected chi connectivity index (χ0v) is 8.36. The monoisotopic (exact) mass is 180 g/mol. The molecule has 0 bridgehead atoms. The second kappa shape index (κ2) is 4.07. The van der Waals surface area contributed by atoms with Crippen molar-refractivity contribution in [3.8, 4) is 0 Å². The molecule has 0 aliphatic rings. The zero-order valence-electron chi connectivity index (χ0n) is 8.36. The highest BCUT2D eigenvalue weighted by atomic mass is 15.2. The van der Waals surface area contributed by atoms with Crippen LogP contribution in [0.25, 0.3) is 0 Å². The predicted octanol–water partition coefficient (Wildman–Crippen LogP) is 1.29. The lowest BCUT2D eigenvalue weighted by molar-refractivity contribution is 0.656. The normalized spacial score (nSPS) is 12.5. The van der Waals surface area contributed by atoms with Crippen LogP contribution >= 0.6 is 0 Å². The van der Waals surface area contributed by atoms with Gasteiger partial charge in [0.15, 0.2) is 0 Å². The Morgan fingerprint density at radius 1 is 1.54 bits per heavy atom. The van der Waals surface area contributed by atoms with E-state index in [-0.39, 0.29) is 0 Å². The van der Waals surface area contributed by atoms with Crippen molar-refractivity contribution in [2.45, 2.75) is 26.3 Å². The number of aromatic nitrogens is 2. The van der Waals surface area contributed by atoms with E-state index < -0.39 is 0 Å². The molecule has 0 aromatic carbocycles. The summed E-state index contributed by atoms with van der Waals surface area (Å²) < 4.78 is 0. The topological polar surface area (TPSA) is 55.0 Å². The van der Waals surface area contributed by atoms with E-state index in [2.05, 4.69) is 28.7 Å². The maximum Gasteiger partial charge on any atom is 0.134 e. The highest BCUT2D eigenvalue weighted by Crippen LogP contribution is 2.14. The van der Waals surface area contributed by atoms with Crippen molar-refractivity contribution in [3.63, 3.8) is 0 Å². The summed E-state index contributed by atoms with van der Waals surface area (Å²) in [6, 6.07) is 2.25. The standard InChI is InChI=1S/C9H16N4/c1-4-7(2)13(3)9-5-8(10)11-6-12-9/h5-7H,4H2,1-3H3,(H2,10,11,12). The lowest BCUT2D eigenvalue weighted by Crippen LogP contribution is -2.28. The minimum Gasteiger partial charge on any atom is -0.384 e. The Morgan fingerprint density at radius 2 is 2.23 bits per heavy atom. The molecular weight excluding hydrogens is 164 g/mol. The van der Waals surface area contributed by atoms with Crippen LogP contribution in [0.15, 0.2) is 12.4 Å². The molecule has 1 rings (SSSR count). The SMILES string of the molecule is CCC(C)N(C)c1cc(N)ncn1. The van der Waals surface area contributed by atoms with Crippen molar-refractivity contribution in [1.29, 1.82) is 0 Å². The van der Waals surface area contributed by atoms with Crippen LogP contribution in [0.4, 0.5) is 11.6 Å². The van der Waals surface area contributed by atoms with Crippen LogP contribution in [-0.2, 0) is 0 Å². The van der Waals surface area contributed by atoms with Crippen molar-refractivity contribution in [2.75, 3.05) is 17.7 Å². The highest BCUT2D eigenvalue weighted by Gasteiger charge is 2.08. The van der Waals surface area contributed by atoms with Crippen molar-refractivity contribution in [3.05, 3.63) is 12.4 Å². The van der Waals surface area contributed by atoms with E-state index in [9.17, 15) is 0 Å². The Labute approximate surface area is 78.8 Å². The highest BCUT2D eigenvalue weighted by molar-refractivity contribution is 5.45. The van der Waals surface area contributed by atoms with E-state index in [0.29, 0.717) is 11.9 Å². The first-order chi connectivity index (χ1) is 6.15. The average Bonchev–Trinajstić information content (AvgIpc) is 2.15. The molecule has 0 saturated heterocycles. The molecule has 0 spiro atoms. The van der Waals surface area contributed by atoms with Crippen LogP contribution in [0.1, 0.15) is 20.3 Å². The Kier molecular flexibility index (Phi) is 3.06. The van der Waals surface area contributed by atoms with Gasteiger partial charge in [-0.25, -0.2) is 9.97 Å². The summed E-state index contributed by atoms with van der Waals surface area (Å²) in [5.74, 6) is 1.39. The Hall–Kier alpha value is -1.32. The van der Waals surface area contributed by atoms with Gasteiger partial charge in [0.05, 0.1) is 0 Å². The second-order valence-electron chi connectivity index (χ2n) is 3.17. The van der Waals surface area contributed by atoms with Crippen LogP contribution in [0.5, 0.6) is 0 Å². The van der Waals surface area contributed by atoms with Gasteiger partial charge in [0.25, 0.3) is 0 Å². The first-order valence-corrected chi connectivity index (χ1v) is 4.45. The first kappa shape index (κ1) is 9.77. The van der Waals surface area contributed by atoms with Crippen LogP contribution in [0.2, 0.25) is 0 Å². The summed E-state index contributed by atoms with van der Waals surface area (Å²) in [7, 11) is 2.01. The van der Waals surface area contributed by atoms with Crippen LogP contribution < -0.4 is 10.6 Å². The van der Waals surface area contributed by atoms with E-state index in [1.165, 1.54) is 6.33 Å². The number of nitrogens with zero attached hydrogens (tertiary/aromatic N) is 3. The molecule has 0 fully saturated rings. The maximum absolute atomic E-state index is 5.56. The van der Waals surface area contributed by atoms with Crippen molar-refractivity contribution in [1.82, 2.24) is 9.97 Å². The van der Waals surface area contributed by atoms with Gasteiger partial charge in [0, 0.05) is 19.2 Å². The molecule has 0 aliphatic heterocycles. The molecule has 72 valence electrons. The fourth-order valence-corrected chi connectivity index (χ4v) is 1.05. The third-order valence-corrected chi connectivity index (χ3v) is 2.29. The number of hydrogen-bond acceptors (Lipinski definition) is 4. The Bertz CT molecular complexity index is 274. The van der Waals surface area contributed by atoms with E-state index in [0.717, 1.165) is 12.2 Å². The van der Waals surface area contributed by atoms with Crippen molar-refractivity contribution >= 4 is 11.6 Å². The summed E-state index contributed by atoms with van der Waals surface area (Å²) >= 11 is 0. The summed E-state index contributed by atoms with van der Waals surface area (Å²) in [5, 5.41) is 0. The quantitative estimate of drug-likeness (QED) is 0.761. The third-order valence-electron chi connectivity index (χ3n) is 2.29. The minimum atomic E-state index is 0.467. The Balaban J connectivity index is 2.82. The molecule has 1 unspecified atom stereocenters. The molecule has 0 amide bonds. The summed E-state index contributed by atoms with van der Waals surface area (Å²) in [6.45, 7) is 4.30. The molecule has 1 heterocycles. The van der Waals surface area contributed by atoms with Gasteiger partial charge < -0.3 is 10.6 Å². The molecular formula is C9H16N4. The maximum atomic E-state index is 5.56. The van der Waals surface area contributed by atoms with Crippen LogP contribution in [0.3, 0.4) is 0 Å². The number of nitrogens with two attached hydrogens (primary N) is 1. The smallest absolute Gasteiger partial charge is 0.134 e. The van der Waals surface area contributed by atoms with Gasteiger partial charge in [-0.15, -0.1) is 0 Å². The number of rotatable bonds is 3. The summed E-state index contributed by atoms with van der Waals surface area (Å²) in [5.41, 5.74) is 5.56. The molecule has 4 nitrogen and oxygen atoms in total. The van der Waals surface area contributed by atoms with Gasteiger partial charge >= 0.3 is 0 Å². The van der Waals surface area contributed by atoms with Gasteiger partial charge in [0.2, 0.25) is 0 Å². The fraction of sp³-hybridized carbons (Fsp3) is 0.556. The molecule has 1 atom stereocenters. The van der Waals surface area contributed by atoms with Gasteiger partial charge in [-0.1, -0.05) is 6.92 Å². The molecule has 0 saturated carbocycles. The van der Waals surface area contributed by atoms with Gasteiger partial charge in [-0.2, -0.15) is 0 Å². The molecule has 13 heavy (non-hydrogen) atoms. The van der Waals surface area contributed by atoms with Crippen LogP contribution in [0, 0.1) is 0 Å². The van der Waals surface area contributed by atoms with Crippen LogP contribution in [-0.4, -0.2) is 23.1 Å². The van der Waals surface area contributed by atoms with Crippen molar-refractivity contribution in [2.24, 2.45) is 0 Å². The lowest BCUT2D eigenvalue weighted by atomic mass is 10.2. The zero-order chi connectivity index (χ0) is 9.84. The Morgan fingerprint density at radius 3 is 2.77 bits per heavy atom.